The van der Waals surface area contributed by atoms with Gasteiger partial charge in [-0.15, -0.1) is 0 Å². The van der Waals surface area contributed by atoms with E-state index in [9.17, 15) is 19.5 Å². The summed E-state index contributed by atoms with van der Waals surface area (Å²) in [5.74, 6) is 0.694. The molecule has 2 atom stereocenters. The highest BCUT2D eigenvalue weighted by atomic mass is 16.3. The number of nitrogens with one attached hydrogen (secondary N) is 1. The first-order valence-electron chi connectivity index (χ1n) is 18.1. The van der Waals surface area contributed by atoms with E-state index < -0.39 is 12.3 Å². The van der Waals surface area contributed by atoms with Gasteiger partial charge in [0, 0.05) is 88.5 Å². The number of hydrogen-bond donors (Lipinski definition) is 3. The highest BCUT2D eigenvalue weighted by Crippen LogP contribution is 2.38. The monoisotopic (exact) mass is 689 g/mol. The Kier molecular flexibility index (Phi) is 7.74. The molecular weight excluding hydrogens is 646 g/mol. The Bertz CT molecular complexity index is 2270. The van der Waals surface area contributed by atoms with Crippen molar-refractivity contribution in [2.75, 3.05) is 61.3 Å². The molecule has 4 aliphatic heterocycles. The van der Waals surface area contributed by atoms with Crippen molar-refractivity contribution >= 4 is 56.6 Å². The number of carbonyl (C=O) groups is 2. The summed E-state index contributed by atoms with van der Waals surface area (Å²) in [4.78, 5) is 50.7. The fraction of sp³-hybridized carbons (Fsp3) is 0.421. The van der Waals surface area contributed by atoms with E-state index in [0.29, 0.717) is 42.2 Å². The van der Waals surface area contributed by atoms with E-state index in [4.69, 9.17) is 5.73 Å². The number of aliphatic hydroxyl groups is 1. The van der Waals surface area contributed by atoms with E-state index in [1.807, 2.05) is 39.1 Å². The van der Waals surface area contributed by atoms with E-state index >= 15 is 0 Å². The SMILES string of the molecule is Cn1c2cc(N3CCN(CC4CCN(c5ccc6c(c5)CN(C5CCC(=O)NC5=O)C6O)CC4)CC3)ccc2n2c3cccc(N)c3c(=O)nc12. The van der Waals surface area contributed by atoms with E-state index in [1.54, 1.807) is 6.07 Å². The number of piperazine rings is 1. The van der Waals surface area contributed by atoms with Gasteiger partial charge >= 0.3 is 0 Å². The average Bonchev–Trinajstić information content (AvgIpc) is 3.61. The maximum atomic E-state index is 12.9. The zero-order valence-electron chi connectivity index (χ0n) is 28.8. The molecule has 51 heavy (non-hydrogen) atoms. The number of amides is 2. The minimum absolute atomic E-state index is 0.244. The maximum absolute atomic E-state index is 12.9. The van der Waals surface area contributed by atoms with Gasteiger partial charge in [0.25, 0.3) is 5.56 Å². The van der Waals surface area contributed by atoms with E-state index in [0.717, 1.165) is 86.3 Å². The minimum atomic E-state index is -0.837. The van der Waals surface area contributed by atoms with Gasteiger partial charge in [-0.2, -0.15) is 4.98 Å². The van der Waals surface area contributed by atoms with Crippen LogP contribution in [0.1, 0.15) is 43.0 Å². The molecule has 264 valence electrons. The van der Waals surface area contributed by atoms with Crippen LogP contribution in [-0.4, -0.2) is 92.5 Å². The highest BCUT2D eigenvalue weighted by molar-refractivity contribution is 6.00. The van der Waals surface area contributed by atoms with E-state index in [-0.39, 0.29) is 17.4 Å². The fourth-order valence-corrected chi connectivity index (χ4v) is 8.86. The lowest BCUT2D eigenvalue weighted by molar-refractivity contribution is -0.141. The number of rotatable bonds is 5. The first-order valence-corrected chi connectivity index (χ1v) is 18.1. The van der Waals surface area contributed by atoms with Crippen LogP contribution < -0.4 is 26.4 Å². The fourth-order valence-electron chi connectivity index (χ4n) is 8.86. The summed E-state index contributed by atoms with van der Waals surface area (Å²) >= 11 is 0. The van der Waals surface area contributed by atoms with Gasteiger partial charge in [-0.3, -0.25) is 33.9 Å². The Morgan fingerprint density at radius 3 is 2.39 bits per heavy atom. The molecule has 0 saturated carbocycles. The summed E-state index contributed by atoms with van der Waals surface area (Å²) in [6, 6.07) is 17.8. The third-order valence-electron chi connectivity index (χ3n) is 11.7. The molecule has 0 radical (unpaired) electrons. The number of fused-ring (bicyclic) bond motifs is 6. The van der Waals surface area contributed by atoms with Gasteiger partial charge in [0.05, 0.1) is 28.0 Å². The molecule has 4 aliphatic rings. The molecule has 2 amide bonds. The van der Waals surface area contributed by atoms with Crippen LogP contribution in [0.25, 0.3) is 27.7 Å². The van der Waals surface area contributed by atoms with Gasteiger partial charge in [-0.25, -0.2) is 0 Å². The van der Waals surface area contributed by atoms with Crippen LogP contribution in [-0.2, 0) is 23.2 Å². The quantitative estimate of drug-likeness (QED) is 0.186. The van der Waals surface area contributed by atoms with Crippen LogP contribution in [0.2, 0.25) is 0 Å². The topological polar surface area (TPSA) is 145 Å². The van der Waals surface area contributed by atoms with Crippen LogP contribution in [0.15, 0.2) is 59.4 Å². The predicted molar refractivity (Wildman–Crippen MR) is 197 cm³/mol. The number of nitrogen functional groups attached to an aromatic ring is 1. The molecule has 0 aliphatic carbocycles. The number of piperidine rings is 2. The van der Waals surface area contributed by atoms with Crippen LogP contribution in [0.5, 0.6) is 0 Å². The number of imide groups is 1. The molecule has 0 bridgehead atoms. The number of anilines is 3. The number of nitrogens with two attached hydrogens (primary N) is 1. The number of imidazole rings is 1. The average molecular weight is 690 g/mol. The van der Waals surface area contributed by atoms with Crippen molar-refractivity contribution in [3.8, 4) is 0 Å². The summed E-state index contributed by atoms with van der Waals surface area (Å²) in [6.45, 7) is 7.56. The molecule has 6 heterocycles. The molecule has 5 aromatic rings. The smallest absolute Gasteiger partial charge is 0.284 e. The zero-order chi connectivity index (χ0) is 35.0. The largest absolute Gasteiger partial charge is 0.398 e. The summed E-state index contributed by atoms with van der Waals surface area (Å²) in [7, 11) is 1.96. The number of aromatic nitrogens is 3. The van der Waals surface area contributed by atoms with Crippen molar-refractivity contribution in [2.24, 2.45) is 13.0 Å². The van der Waals surface area contributed by atoms with Gasteiger partial charge in [-0.05, 0) is 73.2 Å². The standard InChI is InChI=1S/C38H43N9O4/c1-42-32-20-26(6-8-29(32)47-30-4-2-3-28(39)34(30)36(50)41-38(42)47)45-17-15-43(16-18-45)21-23-11-13-44(14-12-23)25-5-7-27-24(19-25)22-46(37(27)51)31-9-10-33(48)40-35(31)49/h2-8,19-20,23,31,37,51H,9-18,21-22,39H2,1H3,(H,40,48,49). The molecule has 3 fully saturated rings. The van der Waals surface area contributed by atoms with E-state index in [1.165, 1.54) is 11.4 Å². The Morgan fingerprint density at radius 1 is 0.863 bits per heavy atom. The zero-order valence-corrected chi connectivity index (χ0v) is 28.8. The van der Waals surface area contributed by atoms with Crippen molar-refractivity contribution in [1.29, 1.82) is 0 Å². The third-order valence-corrected chi connectivity index (χ3v) is 11.7. The second-order valence-corrected chi connectivity index (χ2v) is 14.6. The second-order valence-electron chi connectivity index (χ2n) is 14.6. The lowest BCUT2D eigenvalue weighted by Gasteiger charge is -2.40. The highest BCUT2D eigenvalue weighted by Gasteiger charge is 2.40. The number of benzene rings is 3. The molecule has 0 spiro atoms. The third kappa shape index (κ3) is 5.42. The number of aliphatic hydroxyl groups excluding tert-OH is 1. The number of carbonyl (C=O) groups excluding carboxylic acids is 2. The summed E-state index contributed by atoms with van der Waals surface area (Å²) < 4.78 is 4.02. The Morgan fingerprint density at radius 2 is 1.61 bits per heavy atom. The Hall–Kier alpha value is -4.98. The molecule has 13 heteroatoms. The first-order chi connectivity index (χ1) is 24.7. The number of nitrogens with zero attached hydrogens (tertiary/aromatic N) is 7. The van der Waals surface area contributed by atoms with Gasteiger partial charge in [0.2, 0.25) is 17.6 Å². The van der Waals surface area contributed by atoms with Crippen molar-refractivity contribution in [2.45, 2.75) is 44.5 Å². The summed E-state index contributed by atoms with van der Waals surface area (Å²) in [6.07, 6.45) is 2.17. The van der Waals surface area contributed by atoms with Crippen molar-refractivity contribution < 1.29 is 14.7 Å². The molecule has 3 saturated heterocycles. The van der Waals surface area contributed by atoms with Crippen LogP contribution in [0.4, 0.5) is 17.1 Å². The number of aryl methyl sites for hydroxylation is 1. The normalized spacial score (nSPS) is 22.4. The van der Waals surface area contributed by atoms with Gasteiger partial charge in [-0.1, -0.05) is 12.1 Å². The molecule has 3 aromatic carbocycles. The lowest BCUT2D eigenvalue weighted by Crippen LogP contribution is -2.51. The van der Waals surface area contributed by atoms with Gasteiger partial charge in [0.15, 0.2) is 0 Å². The van der Waals surface area contributed by atoms with E-state index in [2.05, 4.69) is 55.3 Å². The predicted octanol–water partition coefficient (Wildman–Crippen LogP) is 2.57. The molecule has 9 rings (SSSR count). The molecule has 2 aromatic heterocycles. The Labute approximate surface area is 294 Å². The number of hydrogen-bond acceptors (Lipinski definition) is 10. The maximum Gasteiger partial charge on any atom is 0.284 e. The summed E-state index contributed by atoms with van der Waals surface area (Å²) in [5.41, 5.74) is 13.3. The minimum Gasteiger partial charge on any atom is -0.398 e. The van der Waals surface area contributed by atoms with Crippen molar-refractivity contribution in [3.05, 3.63) is 76.1 Å². The van der Waals surface area contributed by atoms with Gasteiger partial charge < -0.3 is 25.2 Å². The van der Waals surface area contributed by atoms with Crippen molar-refractivity contribution in [3.63, 3.8) is 0 Å². The van der Waals surface area contributed by atoms with Crippen molar-refractivity contribution in [1.82, 2.24) is 29.1 Å². The lowest BCUT2D eigenvalue weighted by atomic mass is 9.95. The summed E-state index contributed by atoms with van der Waals surface area (Å²) in [5, 5.41) is 13.9. The molecular formula is C38H43N9O4. The van der Waals surface area contributed by atoms with Gasteiger partial charge in [0.1, 0.15) is 6.23 Å². The molecule has 13 nitrogen and oxygen atoms in total. The Balaban J connectivity index is 0.812. The van der Waals surface area contributed by atoms with Crippen LogP contribution in [0, 0.1) is 5.92 Å². The second kappa shape index (κ2) is 12.4. The first kappa shape index (κ1) is 32.0. The van der Waals surface area contributed by atoms with Crippen LogP contribution in [0.3, 0.4) is 0 Å². The molecule has 2 unspecified atom stereocenters. The van der Waals surface area contributed by atoms with Crippen LogP contribution >= 0.6 is 0 Å². The molecule has 4 N–H and O–H groups in total.